The molecule has 8 nitrogen and oxygen atoms in total. The summed E-state index contributed by atoms with van der Waals surface area (Å²) < 4.78 is 23.1. The predicted molar refractivity (Wildman–Crippen MR) is 246 cm³/mol. The van der Waals surface area contributed by atoms with Crippen molar-refractivity contribution in [2.75, 3.05) is 40.9 Å². The van der Waals surface area contributed by atoms with E-state index in [1.165, 1.54) is 77.0 Å². The molecule has 3 unspecified atom stereocenters. The number of aliphatic hydroxyl groups excluding tert-OH is 1. The number of nitrogens with zero attached hydrogens (tertiary/aromatic N) is 1. The van der Waals surface area contributed by atoms with Crippen LogP contribution < -0.4 is 10.2 Å². The van der Waals surface area contributed by atoms with Gasteiger partial charge < -0.3 is 28.8 Å². The Bertz CT molecular complexity index is 1220. The first kappa shape index (κ1) is 55.7. The summed E-state index contributed by atoms with van der Waals surface area (Å²) in [5, 5.41) is 13.7. The van der Waals surface area contributed by atoms with E-state index in [-0.39, 0.29) is 12.5 Å². The summed E-state index contributed by atoms with van der Waals surface area (Å²) >= 11 is 0. The smallest absolute Gasteiger partial charge is 0.268 e. The van der Waals surface area contributed by atoms with Gasteiger partial charge >= 0.3 is 0 Å². The van der Waals surface area contributed by atoms with Crippen molar-refractivity contribution in [3.05, 3.63) is 85.1 Å². The number of amides is 1. The zero-order chi connectivity index (χ0) is 42.8. The largest absolute Gasteiger partial charge is 0.756 e. The van der Waals surface area contributed by atoms with Gasteiger partial charge in [-0.25, -0.2) is 0 Å². The Morgan fingerprint density at radius 1 is 0.621 bits per heavy atom. The van der Waals surface area contributed by atoms with Crippen molar-refractivity contribution in [3.8, 4) is 0 Å². The lowest BCUT2D eigenvalue weighted by Gasteiger charge is -2.29. The zero-order valence-electron chi connectivity index (χ0n) is 37.7. The van der Waals surface area contributed by atoms with Crippen LogP contribution in [0.5, 0.6) is 0 Å². The molecule has 0 spiro atoms. The highest BCUT2D eigenvalue weighted by Crippen LogP contribution is 2.38. The van der Waals surface area contributed by atoms with Gasteiger partial charge in [0.2, 0.25) is 5.91 Å². The molecule has 2 N–H and O–H groups in total. The Balaban J connectivity index is 4.20. The Hall–Kier alpha value is -2.32. The van der Waals surface area contributed by atoms with Gasteiger partial charge in [0.25, 0.3) is 7.82 Å². The second-order valence-corrected chi connectivity index (χ2v) is 17.8. The molecule has 0 aromatic rings. The number of hydrogen-bond acceptors (Lipinski definition) is 6. The van der Waals surface area contributed by atoms with Crippen LogP contribution in [0.25, 0.3) is 0 Å². The first-order valence-electron chi connectivity index (χ1n) is 22.9. The van der Waals surface area contributed by atoms with Crippen molar-refractivity contribution < 1.29 is 32.9 Å². The fourth-order valence-corrected chi connectivity index (χ4v) is 6.68. The molecule has 0 saturated heterocycles. The minimum Gasteiger partial charge on any atom is -0.756 e. The van der Waals surface area contributed by atoms with Crippen molar-refractivity contribution in [2.24, 2.45) is 0 Å². The molecule has 9 heteroatoms. The van der Waals surface area contributed by atoms with Crippen molar-refractivity contribution >= 4 is 13.7 Å². The van der Waals surface area contributed by atoms with E-state index < -0.39 is 26.6 Å². The van der Waals surface area contributed by atoms with Crippen LogP contribution in [0, 0.1) is 0 Å². The number of nitrogens with one attached hydrogen (secondary N) is 1. The molecule has 0 heterocycles. The van der Waals surface area contributed by atoms with Crippen LogP contribution >= 0.6 is 7.82 Å². The third kappa shape index (κ3) is 41.8. The van der Waals surface area contributed by atoms with Gasteiger partial charge in [-0.2, -0.15) is 0 Å². The van der Waals surface area contributed by atoms with E-state index in [9.17, 15) is 19.4 Å². The number of allylic oxidation sites excluding steroid dienone is 13. The first-order chi connectivity index (χ1) is 28.0. The normalized spacial score (nSPS) is 15.1. The maximum absolute atomic E-state index is 12.8. The standard InChI is InChI=1S/C49H87N2O6P/c1-6-8-10-12-14-16-17-18-19-20-21-22-23-24-25-26-27-28-29-30-31-32-33-35-37-39-41-43-49(53)50-47(46-57-58(54,55)56-45-44-51(3,4)5)48(52)42-40-38-36-34-15-13-11-9-7-2/h8,10,14-16,18-19,21-22,24-25,34,40,42,47-48,52H,6-7,9,11-13,17,20,23,26-33,35-39,41,43-46H2,1-5H3,(H-,50,53,54,55)/b10-8-,16-14-,19-18-,22-21-,25-24-,34-15+,42-40+. The van der Waals surface area contributed by atoms with E-state index in [0.717, 1.165) is 70.6 Å². The number of phosphoric ester groups is 1. The van der Waals surface area contributed by atoms with Gasteiger partial charge in [-0.05, 0) is 77.0 Å². The molecular weight excluding hydrogens is 744 g/mol. The van der Waals surface area contributed by atoms with E-state index in [4.69, 9.17) is 9.05 Å². The fraction of sp³-hybridized carbons (Fsp3) is 0.694. The van der Waals surface area contributed by atoms with Crippen molar-refractivity contribution in [1.29, 1.82) is 0 Å². The lowest BCUT2D eigenvalue weighted by atomic mass is 10.0. The molecule has 0 bridgehead atoms. The van der Waals surface area contributed by atoms with E-state index in [1.807, 2.05) is 27.2 Å². The number of carbonyl (C=O) groups is 1. The van der Waals surface area contributed by atoms with Crippen molar-refractivity contribution in [1.82, 2.24) is 5.32 Å². The van der Waals surface area contributed by atoms with E-state index in [2.05, 4.69) is 92.1 Å². The average Bonchev–Trinajstić information content (AvgIpc) is 3.17. The Kier molecular flexibility index (Phi) is 38.5. The lowest BCUT2D eigenvalue weighted by Crippen LogP contribution is -2.45. The average molecular weight is 831 g/mol. The minimum atomic E-state index is -4.59. The first-order valence-corrected chi connectivity index (χ1v) is 24.4. The van der Waals surface area contributed by atoms with Crippen LogP contribution in [0.15, 0.2) is 85.1 Å². The third-order valence-electron chi connectivity index (χ3n) is 9.59. The summed E-state index contributed by atoms with van der Waals surface area (Å²) in [6.45, 7) is 4.43. The highest BCUT2D eigenvalue weighted by molar-refractivity contribution is 7.45. The van der Waals surface area contributed by atoms with Gasteiger partial charge in [0.05, 0.1) is 39.9 Å². The second kappa shape index (κ2) is 40.1. The van der Waals surface area contributed by atoms with Crippen LogP contribution in [0.2, 0.25) is 0 Å². The minimum absolute atomic E-state index is 0.0112. The maximum atomic E-state index is 12.8. The molecule has 0 saturated carbocycles. The Morgan fingerprint density at radius 2 is 1.07 bits per heavy atom. The number of rotatable bonds is 40. The fourth-order valence-electron chi connectivity index (χ4n) is 5.96. The zero-order valence-corrected chi connectivity index (χ0v) is 38.6. The maximum Gasteiger partial charge on any atom is 0.268 e. The van der Waals surface area contributed by atoms with Crippen LogP contribution in [0.3, 0.4) is 0 Å². The van der Waals surface area contributed by atoms with Crippen LogP contribution in [0.4, 0.5) is 0 Å². The molecular formula is C49H87N2O6P. The highest BCUT2D eigenvalue weighted by Gasteiger charge is 2.23. The number of unbranched alkanes of at least 4 members (excludes halogenated alkanes) is 15. The van der Waals surface area contributed by atoms with Crippen LogP contribution in [-0.2, 0) is 18.4 Å². The second-order valence-electron chi connectivity index (χ2n) is 16.4. The molecule has 0 fully saturated rings. The van der Waals surface area contributed by atoms with Crippen LogP contribution in [-0.4, -0.2) is 68.5 Å². The quantitative estimate of drug-likeness (QED) is 0.0276. The number of hydrogen-bond donors (Lipinski definition) is 2. The molecule has 0 aliphatic heterocycles. The third-order valence-corrected chi connectivity index (χ3v) is 10.6. The highest BCUT2D eigenvalue weighted by atomic mass is 31.2. The van der Waals surface area contributed by atoms with E-state index in [0.29, 0.717) is 17.4 Å². The summed E-state index contributed by atoms with van der Waals surface area (Å²) in [6.07, 6.45) is 55.1. The predicted octanol–water partition coefficient (Wildman–Crippen LogP) is 12.3. The van der Waals surface area contributed by atoms with Crippen molar-refractivity contribution in [2.45, 2.75) is 180 Å². The summed E-state index contributed by atoms with van der Waals surface area (Å²) in [6, 6.07) is -0.907. The molecule has 334 valence electrons. The summed E-state index contributed by atoms with van der Waals surface area (Å²) in [4.78, 5) is 25.2. The van der Waals surface area contributed by atoms with Gasteiger partial charge in [0.1, 0.15) is 13.2 Å². The molecule has 1 amide bonds. The number of likely N-dealkylation sites (N-methyl/N-ethyl adjacent to an activating group) is 1. The Morgan fingerprint density at radius 3 is 1.60 bits per heavy atom. The molecule has 0 aromatic carbocycles. The van der Waals surface area contributed by atoms with Gasteiger partial charge in [-0.3, -0.25) is 9.36 Å². The summed E-state index contributed by atoms with van der Waals surface area (Å²) in [5.41, 5.74) is 0. The summed E-state index contributed by atoms with van der Waals surface area (Å²) in [7, 11) is 1.22. The molecule has 0 aromatic heterocycles. The number of aliphatic hydroxyl groups is 1. The van der Waals surface area contributed by atoms with Gasteiger partial charge in [-0.15, -0.1) is 0 Å². The number of quaternary nitrogens is 1. The molecule has 0 rings (SSSR count). The molecule has 3 atom stereocenters. The van der Waals surface area contributed by atoms with Gasteiger partial charge in [-0.1, -0.05) is 170 Å². The van der Waals surface area contributed by atoms with Gasteiger partial charge in [0.15, 0.2) is 0 Å². The van der Waals surface area contributed by atoms with Gasteiger partial charge in [0, 0.05) is 6.42 Å². The van der Waals surface area contributed by atoms with E-state index in [1.54, 1.807) is 6.08 Å². The molecule has 0 aliphatic carbocycles. The lowest BCUT2D eigenvalue weighted by molar-refractivity contribution is -0.870. The molecule has 0 radical (unpaired) electrons. The molecule has 0 aliphatic rings. The summed E-state index contributed by atoms with van der Waals surface area (Å²) in [5.74, 6) is -0.218. The number of phosphoric acid groups is 1. The van der Waals surface area contributed by atoms with E-state index >= 15 is 0 Å². The van der Waals surface area contributed by atoms with Crippen molar-refractivity contribution in [3.63, 3.8) is 0 Å². The SMILES string of the molecule is CC/C=C\C/C=C\C/C=C\C/C=C\C/C=C\CCCCCCCCCCCCCC(=O)NC(COP(=O)([O-])OCC[N+](C)(C)C)C(O)/C=C/CC/C=C/CCCCC. The molecule has 58 heavy (non-hydrogen) atoms. The monoisotopic (exact) mass is 831 g/mol. The van der Waals surface area contributed by atoms with Crippen LogP contribution in [0.1, 0.15) is 168 Å². The number of carbonyl (C=O) groups excluding carboxylic acids is 1. The topological polar surface area (TPSA) is 108 Å². The Labute approximate surface area is 356 Å².